The van der Waals surface area contributed by atoms with Gasteiger partial charge in [0.05, 0.1) is 5.54 Å². The van der Waals surface area contributed by atoms with Crippen LogP contribution in [0.3, 0.4) is 0 Å². The monoisotopic (exact) mass is 230 g/mol. The van der Waals surface area contributed by atoms with E-state index in [-0.39, 0.29) is 0 Å². The smallest absolute Gasteiger partial charge is 0.235 e. The maximum atomic E-state index is 10.4. The van der Waals surface area contributed by atoms with Gasteiger partial charge in [0.25, 0.3) is 0 Å². The summed E-state index contributed by atoms with van der Waals surface area (Å²) in [6.07, 6.45) is 4.20. The molecule has 0 spiro atoms. The topological polar surface area (TPSA) is 32.7 Å². The predicted octanol–water partition coefficient (Wildman–Crippen LogP) is 2.86. The Balaban J connectivity index is 2.20. The van der Waals surface area contributed by atoms with Crippen LogP contribution in [0.1, 0.15) is 32.3 Å². The maximum absolute atomic E-state index is 10.4. The average molecular weight is 230 g/mol. The summed E-state index contributed by atoms with van der Waals surface area (Å²) in [4.78, 5) is 16.6. The zero-order valence-electron chi connectivity index (χ0n) is 10.4. The van der Waals surface area contributed by atoms with Crippen molar-refractivity contribution < 1.29 is 4.79 Å². The van der Waals surface area contributed by atoms with Crippen LogP contribution >= 0.6 is 0 Å². The number of rotatable bonds is 3. The Kier molecular flexibility index (Phi) is 3.30. The van der Waals surface area contributed by atoms with Crippen molar-refractivity contribution in [2.45, 2.75) is 32.2 Å². The molecule has 1 aromatic rings. The number of nitrogens with zero attached hydrogens (tertiary/aromatic N) is 2. The Morgan fingerprint density at radius 3 is 2.29 bits per heavy atom. The van der Waals surface area contributed by atoms with Crippen LogP contribution in [-0.4, -0.2) is 19.2 Å². The molecule has 17 heavy (non-hydrogen) atoms. The molecule has 1 fully saturated rings. The average Bonchev–Trinajstić information content (AvgIpc) is 2.82. The first kappa shape index (κ1) is 11.9. The predicted molar refractivity (Wildman–Crippen MR) is 69.0 cm³/mol. The first-order chi connectivity index (χ1) is 8.13. The summed E-state index contributed by atoms with van der Waals surface area (Å²) in [6, 6.07) is 8.33. The molecule has 1 aliphatic rings. The summed E-state index contributed by atoms with van der Waals surface area (Å²) in [5.74, 6) is 0. The summed E-state index contributed by atoms with van der Waals surface area (Å²) in [6.45, 7) is 6.13. The van der Waals surface area contributed by atoms with Crippen molar-refractivity contribution in [1.29, 1.82) is 0 Å². The molecule has 3 heteroatoms. The minimum absolute atomic E-state index is 0.481. The molecule has 1 saturated heterocycles. The van der Waals surface area contributed by atoms with Gasteiger partial charge in [0, 0.05) is 18.8 Å². The zero-order valence-corrected chi connectivity index (χ0v) is 10.4. The van der Waals surface area contributed by atoms with E-state index in [1.54, 1.807) is 6.08 Å². The van der Waals surface area contributed by atoms with Crippen LogP contribution in [0.5, 0.6) is 0 Å². The van der Waals surface area contributed by atoms with Crippen molar-refractivity contribution >= 4 is 11.8 Å². The van der Waals surface area contributed by atoms with E-state index in [1.807, 2.05) is 13.8 Å². The van der Waals surface area contributed by atoms with Gasteiger partial charge in [-0.3, -0.25) is 0 Å². The first-order valence-corrected chi connectivity index (χ1v) is 6.08. The molecule has 1 heterocycles. The van der Waals surface area contributed by atoms with Crippen molar-refractivity contribution in [3.05, 3.63) is 29.8 Å². The Morgan fingerprint density at radius 2 is 1.76 bits per heavy atom. The highest BCUT2D eigenvalue weighted by atomic mass is 16.1. The minimum Gasteiger partial charge on any atom is -0.372 e. The van der Waals surface area contributed by atoms with Gasteiger partial charge in [-0.15, -0.1) is 0 Å². The van der Waals surface area contributed by atoms with E-state index < -0.39 is 5.54 Å². The van der Waals surface area contributed by atoms with Crippen molar-refractivity contribution in [2.24, 2.45) is 4.99 Å². The molecule has 0 aromatic heterocycles. The van der Waals surface area contributed by atoms with Crippen LogP contribution in [0.2, 0.25) is 0 Å². The van der Waals surface area contributed by atoms with Crippen molar-refractivity contribution in [2.75, 3.05) is 18.0 Å². The molecule has 90 valence electrons. The number of hydrogen-bond donors (Lipinski definition) is 0. The molecule has 3 nitrogen and oxygen atoms in total. The Labute approximate surface area is 102 Å². The van der Waals surface area contributed by atoms with Gasteiger partial charge >= 0.3 is 0 Å². The zero-order chi connectivity index (χ0) is 12.3. The second-order valence-electron chi connectivity index (χ2n) is 5.00. The van der Waals surface area contributed by atoms with Crippen molar-refractivity contribution in [1.82, 2.24) is 0 Å². The number of carbonyl (C=O) groups excluding carboxylic acids is 1. The van der Waals surface area contributed by atoms with Crippen LogP contribution in [0.4, 0.5) is 5.69 Å². The second kappa shape index (κ2) is 4.72. The third kappa shape index (κ3) is 2.56. The lowest BCUT2D eigenvalue weighted by Gasteiger charge is -2.21. The highest BCUT2D eigenvalue weighted by Gasteiger charge is 2.20. The van der Waals surface area contributed by atoms with Crippen LogP contribution in [0.25, 0.3) is 0 Å². The fourth-order valence-electron chi connectivity index (χ4n) is 2.23. The van der Waals surface area contributed by atoms with Gasteiger partial charge in [0.1, 0.15) is 0 Å². The molecule has 0 saturated carbocycles. The Morgan fingerprint density at radius 1 is 1.18 bits per heavy atom. The molecule has 0 N–H and O–H groups in total. The van der Waals surface area contributed by atoms with Gasteiger partial charge in [0.15, 0.2) is 0 Å². The molecule has 1 aliphatic heterocycles. The summed E-state index contributed by atoms with van der Waals surface area (Å²) in [5, 5.41) is 0. The molecular weight excluding hydrogens is 212 g/mol. The third-order valence-electron chi connectivity index (χ3n) is 3.37. The quantitative estimate of drug-likeness (QED) is 0.591. The second-order valence-corrected chi connectivity index (χ2v) is 5.00. The summed E-state index contributed by atoms with van der Waals surface area (Å²) < 4.78 is 0. The minimum atomic E-state index is -0.481. The maximum Gasteiger partial charge on any atom is 0.235 e. The molecule has 0 radical (unpaired) electrons. The van der Waals surface area contributed by atoms with E-state index in [4.69, 9.17) is 0 Å². The van der Waals surface area contributed by atoms with E-state index in [9.17, 15) is 4.79 Å². The molecule has 0 amide bonds. The highest BCUT2D eigenvalue weighted by Crippen LogP contribution is 2.27. The third-order valence-corrected chi connectivity index (χ3v) is 3.37. The van der Waals surface area contributed by atoms with Crippen molar-refractivity contribution in [3.8, 4) is 0 Å². The largest absolute Gasteiger partial charge is 0.372 e. The lowest BCUT2D eigenvalue weighted by molar-refractivity contribution is 0.523. The molecule has 0 aliphatic carbocycles. The SMILES string of the molecule is CC(C)(N=C=O)c1ccc(N2CCCC2)cc1. The van der Waals surface area contributed by atoms with E-state index in [0.29, 0.717) is 0 Å². The Bertz CT molecular complexity index is 424. The van der Waals surface area contributed by atoms with E-state index in [1.165, 1.54) is 18.5 Å². The van der Waals surface area contributed by atoms with E-state index in [2.05, 4.69) is 34.2 Å². The number of benzene rings is 1. The van der Waals surface area contributed by atoms with E-state index in [0.717, 1.165) is 18.7 Å². The van der Waals surface area contributed by atoms with Gasteiger partial charge < -0.3 is 4.90 Å². The van der Waals surface area contributed by atoms with Crippen LogP contribution in [0, 0.1) is 0 Å². The van der Waals surface area contributed by atoms with Gasteiger partial charge in [-0.1, -0.05) is 12.1 Å². The number of anilines is 1. The lowest BCUT2D eigenvalue weighted by atomic mass is 9.95. The molecular formula is C14H18N2O. The lowest BCUT2D eigenvalue weighted by Crippen LogP contribution is -2.18. The molecule has 0 atom stereocenters. The van der Waals surface area contributed by atoms with Crippen molar-refractivity contribution in [3.63, 3.8) is 0 Å². The highest BCUT2D eigenvalue weighted by molar-refractivity contribution is 5.49. The molecule has 0 bridgehead atoms. The Hall–Kier alpha value is -1.60. The van der Waals surface area contributed by atoms with Gasteiger partial charge in [-0.2, -0.15) is 4.99 Å². The van der Waals surface area contributed by atoms with Gasteiger partial charge in [0.2, 0.25) is 6.08 Å². The fraction of sp³-hybridized carbons (Fsp3) is 0.500. The summed E-state index contributed by atoms with van der Waals surface area (Å²) >= 11 is 0. The summed E-state index contributed by atoms with van der Waals surface area (Å²) in [5.41, 5.74) is 1.83. The number of aliphatic imine (C=N–C) groups is 1. The van der Waals surface area contributed by atoms with Gasteiger partial charge in [-0.05, 0) is 44.4 Å². The molecule has 0 unspecified atom stereocenters. The van der Waals surface area contributed by atoms with Gasteiger partial charge in [-0.25, -0.2) is 4.79 Å². The molecule has 1 aromatic carbocycles. The van der Waals surface area contributed by atoms with Crippen LogP contribution < -0.4 is 4.90 Å². The first-order valence-electron chi connectivity index (χ1n) is 6.08. The standard InChI is InChI=1S/C14H18N2O/c1-14(2,15-11-17)12-5-7-13(8-6-12)16-9-3-4-10-16/h5-8H,3-4,9-10H2,1-2H3. The fourth-order valence-corrected chi connectivity index (χ4v) is 2.23. The molecule has 2 rings (SSSR count). The number of isocyanates is 1. The summed E-state index contributed by atoms with van der Waals surface area (Å²) in [7, 11) is 0. The normalized spacial score (nSPS) is 15.8. The number of hydrogen-bond acceptors (Lipinski definition) is 3. The van der Waals surface area contributed by atoms with E-state index >= 15 is 0 Å². The van der Waals surface area contributed by atoms with Crippen LogP contribution in [-0.2, 0) is 10.3 Å². The van der Waals surface area contributed by atoms with Crippen LogP contribution in [0.15, 0.2) is 29.3 Å².